The van der Waals surface area contributed by atoms with E-state index in [0.717, 1.165) is 0 Å². The maximum Gasteiger partial charge on any atom is 0.259 e. The summed E-state index contributed by atoms with van der Waals surface area (Å²) in [5.41, 5.74) is 3.27. The predicted octanol–water partition coefficient (Wildman–Crippen LogP) is 3.07. The van der Waals surface area contributed by atoms with E-state index in [9.17, 15) is 9.18 Å². The van der Waals surface area contributed by atoms with Crippen molar-refractivity contribution in [1.29, 1.82) is 0 Å². The molecule has 2 rings (SSSR count). The molecule has 1 aromatic carbocycles. The van der Waals surface area contributed by atoms with Crippen LogP contribution in [0.25, 0.3) is 0 Å². The number of aromatic nitrogens is 1. The first-order chi connectivity index (χ1) is 9.52. The Hall–Kier alpha value is -1.89. The van der Waals surface area contributed by atoms with E-state index in [0.29, 0.717) is 5.69 Å². The Morgan fingerprint density at radius 1 is 1.30 bits per heavy atom. The zero-order valence-corrected chi connectivity index (χ0v) is 11.5. The summed E-state index contributed by atoms with van der Waals surface area (Å²) in [5.74, 6) is 4.08. The van der Waals surface area contributed by atoms with Gasteiger partial charge in [0.25, 0.3) is 5.91 Å². The Morgan fingerprint density at radius 2 is 1.95 bits per heavy atom. The molecule has 8 heteroatoms. The molecule has 1 heterocycles. The fourth-order valence-corrected chi connectivity index (χ4v) is 2.01. The minimum atomic E-state index is -0.739. The Labute approximate surface area is 123 Å². The van der Waals surface area contributed by atoms with Gasteiger partial charge in [0.2, 0.25) is 0 Å². The number of hydrazine groups is 1. The van der Waals surface area contributed by atoms with Gasteiger partial charge in [-0.1, -0.05) is 23.2 Å². The van der Waals surface area contributed by atoms with E-state index in [1.807, 2.05) is 0 Å². The zero-order valence-electron chi connectivity index (χ0n) is 9.95. The average Bonchev–Trinajstić information content (AvgIpc) is 2.44. The van der Waals surface area contributed by atoms with Crippen molar-refractivity contribution in [3.8, 4) is 0 Å². The molecule has 0 radical (unpaired) electrons. The van der Waals surface area contributed by atoms with Crippen molar-refractivity contribution < 1.29 is 9.18 Å². The summed E-state index contributed by atoms with van der Waals surface area (Å²) in [7, 11) is 0. The number of carbonyl (C=O) groups is 1. The van der Waals surface area contributed by atoms with Crippen molar-refractivity contribution in [2.24, 2.45) is 5.84 Å². The number of benzene rings is 1. The fraction of sp³-hybridized carbons (Fsp3) is 0. The third kappa shape index (κ3) is 2.98. The number of halogens is 3. The standard InChI is InChI=1S/C12H9Cl2FN4O/c13-8-3-6(4-9(14)11(8)15)18-12(20)7-5-17-2-1-10(7)19-16/h1-5H,16H2,(H,17,19)(H,18,20). The highest BCUT2D eigenvalue weighted by atomic mass is 35.5. The molecule has 4 N–H and O–H groups in total. The van der Waals surface area contributed by atoms with Crippen LogP contribution in [0.3, 0.4) is 0 Å². The van der Waals surface area contributed by atoms with Gasteiger partial charge in [0.1, 0.15) is 0 Å². The van der Waals surface area contributed by atoms with Gasteiger partial charge >= 0.3 is 0 Å². The minimum Gasteiger partial charge on any atom is -0.323 e. The van der Waals surface area contributed by atoms with Gasteiger partial charge in [-0.25, -0.2) is 4.39 Å². The number of nitrogens with one attached hydrogen (secondary N) is 2. The molecular weight excluding hydrogens is 306 g/mol. The maximum absolute atomic E-state index is 13.3. The van der Waals surface area contributed by atoms with Crippen LogP contribution in [0, 0.1) is 5.82 Å². The first-order valence-electron chi connectivity index (χ1n) is 5.39. The van der Waals surface area contributed by atoms with E-state index < -0.39 is 11.7 Å². The minimum absolute atomic E-state index is 0.184. The first-order valence-corrected chi connectivity index (χ1v) is 6.15. The topological polar surface area (TPSA) is 80.0 Å². The molecule has 20 heavy (non-hydrogen) atoms. The lowest BCUT2D eigenvalue weighted by atomic mass is 10.2. The SMILES string of the molecule is NNc1ccncc1C(=O)Nc1cc(Cl)c(F)c(Cl)c1. The van der Waals surface area contributed by atoms with Crippen LogP contribution in [0.4, 0.5) is 15.8 Å². The number of carbonyl (C=O) groups excluding carboxylic acids is 1. The molecular formula is C12H9Cl2FN4O. The van der Waals surface area contributed by atoms with Gasteiger partial charge in [-0.2, -0.15) is 0 Å². The number of hydrogen-bond donors (Lipinski definition) is 3. The summed E-state index contributed by atoms with van der Waals surface area (Å²) in [6.45, 7) is 0. The van der Waals surface area contributed by atoms with Gasteiger partial charge in [0, 0.05) is 18.1 Å². The first kappa shape index (κ1) is 14.5. The summed E-state index contributed by atoms with van der Waals surface area (Å²) in [6.07, 6.45) is 2.83. The summed E-state index contributed by atoms with van der Waals surface area (Å²) in [6, 6.07) is 4.05. The van der Waals surface area contributed by atoms with Crippen molar-refractivity contribution in [2.45, 2.75) is 0 Å². The number of hydrogen-bond acceptors (Lipinski definition) is 4. The van der Waals surface area contributed by atoms with Crippen LogP contribution < -0.4 is 16.6 Å². The van der Waals surface area contributed by atoms with Crippen LogP contribution in [0.1, 0.15) is 10.4 Å². The number of anilines is 2. The molecule has 0 spiro atoms. The van der Waals surface area contributed by atoms with Gasteiger partial charge in [-0.15, -0.1) is 0 Å². The second-order valence-corrected chi connectivity index (χ2v) is 4.59. The lowest BCUT2D eigenvalue weighted by Gasteiger charge is -2.10. The highest BCUT2D eigenvalue weighted by molar-refractivity contribution is 6.35. The van der Waals surface area contributed by atoms with Gasteiger partial charge in [-0.3, -0.25) is 15.6 Å². The Morgan fingerprint density at radius 3 is 2.55 bits per heavy atom. The number of pyridine rings is 1. The van der Waals surface area contributed by atoms with Crippen LogP contribution in [0.2, 0.25) is 10.0 Å². The van der Waals surface area contributed by atoms with E-state index in [1.165, 1.54) is 24.5 Å². The quantitative estimate of drug-likeness (QED) is 0.462. The van der Waals surface area contributed by atoms with Gasteiger partial charge in [0.05, 0.1) is 21.3 Å². The molecule has 0 aliphatic carbocycles. The summed E-state index contributed by atoms with van der Waals surface area (Å²) < 4.78 is 13.3. The molecule has 1 aromatic heterocycles. The third-order valence-corrected chi connectivity index (χ3v) is 3.01. The van der Waals surface area contributed by atoms with Crippen LogP contribution in [-0.2, 0) is 0 Å². The Kier molecular flexibility index (Phi) is 4.39. The average molecular weight is 315 g/mol. The normalized spacial score (nSPS) is 10.2. The second kappa shape index (κ2) is 6.04. The van der Waals surface area contributed by atoms with Crippen molar-refractivity contribution in [1.82, 2.24) is 4.98 Å². The van der Waals surface area contributed by atoms with Crippen molar-refractivity contribution in [3.05, 3.63) is 52.0 Å². The second-order valence-electron chi connectivity index (χ2n) is 3.77. The van der Waals surface area contributed by atoms with Crippen LogP contribution in [0.15, 0.2) is 30.6 Å². The summed E-state index contributed by atoms with van der Waals surface area (Å²) in [4.78, 5) is 15.9. The molecule has 0 fully saturated rings. The van der Waals surface area contributed by atoms with Gasteiger partial charge < -0.3 is 10.7 Å². The van der Waals surface area contributed by atoms with Crippen LogP contribution in [-0.4, -0.2) is 10.9 Å². The number of nitrogens with zero attached hydrogens (tertiary/aromatic N) is 1. The van der Waals surface area contributed by atoms with Crippen molar-refractivity contribution in [3.63, 3.8) is 0 Å². The number of nitrogens with two attached hydrogens (primary N) is 1. The van der Waals surface area contributed by atoms with Gasteiger partial charge in [-0.05, 0) is 18.2 Å². The van der Waals surface area contributed by atoms with E-state index in [-0.39, 0.29) is 21.3 Å². The highest BCUT2D eigenvalue weighted by Gasteiger charge is 2.13. The molecule has 1 amide bonds. The van der Waals surface area contributed by atoms with Crippen molar-refractivity contribution >= 4 is 40.5 Å². The molecule has 0 aliphatic heterocycles. The zero-order chi connectivity index (χ0) is 14.7. The van der Waals surface area contributed by atoms with E-state index in [2.05, 4.69) is 15.7 Å². The van der Waals surface area contributed by atoms with Gasteiger partial charge in [0.15, 0.2) is 5.82 Å². The van der Waals surface area contributed by atoms with Crippen molar-refractivity contribution in [2.75, 3.05) is 10.7 Å². The molecule has 0 saturated heterocycles. The van der Waals surface area contributed by atoms with Crippen LogP contribution >= 0.6 is 23.2 Å². The number of nitrogen functional groups attached to an aromatic ring is 1. The number of amides is 1. The monoisotopic (exact) mass is 314 g/mol. The molecule has 0 atom stereocenters. The molecule has 0 saturated carbocycles. The Balaban J connectivity index is 2.28. The highest BCUT2D eigenvalue weighted by Crippen LogP contribution is 2.27. The lowest BCUT2D eigenvalue weighted by molar-refractivity contribution is 0.102. The predicted molar refractivity (Wildman–Crippen MR) is 76.4 cm³/mol. The Bertz CT molecular complexity index is 643. The van der Waals surface area contributed by atoms with E-state index in [4.69, 9.17) is 29.0 Å². The molecule has 5 nitrogen and oxygen atoms in total. The van der Waals surface area contributed by atoms with Crippen LogP contribution in [0.5, 0.6) is 0 Å². The largest absolute Gasteiger partial charge is 0.323 e. The summed E-state index contributed by atoms with van der Waals surface area (Å²) >= 11 is 11.3. The number of rotatable bonds is 3. The van der Waals surface area contributed by atoms with E-state index in [1.54, 1.807) is 6.07 Å². The molecule has 2 aromatic rings. The molecule has 0 aliphatic rings. The smallest absolute Gasteiger partial charge is 0.259 e. The van der Waals surface area contributed by atoms with E-state index >= 15 is 0 Å². The maximum atomic E-state index is 13.3. The third-order valence-electron chi connectivity index (χ3n) is 2.46. The molecule has 0 bridgehead atoms. The molecule has 104 valence electrons. The molecule has 0 unspecified atom stereocenters. The summed E-state index contributed by atoms with van der Waals surface area (Å²) in [5, 5.41) is 2.16. The fourth-order valence-electron chi connectivity index (χ4n) is 1.53. The lowest BCUT2D eigenvalue weighted by Crippen LogP contribution is -2.17.